The molecule has 14 heteroatoms. The van der Waals surface area contributed by atoms with E-state index in [0.29, 0.717) is 18.1 Å². The Hall–Kier alpha value is -1.41. The first-order valence-corrected chi connectivity index (χ1v) is 14.9. The molecule has 7 atom stereocenters. The number of rotatable bonds is 6. The Morgan fingerprint density at radius 1 is 1.20 bits per heavy atom. The van der Waals surface area contributed by atoms with E-state index in [1.807, 2.05) is 30.3 Å². The fraction of sp³-hybridized carbons (Fsp3) is 0.524. The van der Waals surface area contributed by atoms with Crippen molar-refractivity contribution in [3.05, 3.63) is 69.0 Å². The van der Waals surface area contributed by atoms with Gasteiger partial charge in [0.05, 0.1) is 19.3 Å². The van der Waals surface area contributed by atoms with Gasteiger partial charge in [0.1, 0.15) is 23.9 Å². The minimum atomic E-state index is -4.09. The predicted octanol–water partition coefficient (Wildman–Crippen LogP) is 2.07. The molecule has 0 saturated carbocycles. The summed E-state index contributed by atoms with van der Waals surface area (Å²) in [4.78, 5) is 25.8. The Bertz CT molecular complexity index is 1210. The molecule has 190 valence electrons. The van der Waals surface area contributed by atoms with Crippen LogP contribution in [0.5, 0.6) is 0 Å². The number of ether oxygens (including phenoxy) is 2. The molecule has 2 N–H and O–H groups in total. The Balaban J connectivity index is 1.29. The maximum atomic E-state index is 13.5. The smallest absolute Gasteiger partial charge is 0.383 e. The molecule has 5 rings (SSSR count). The summed E-state index contributed by atoms with van der Waals surface area (Å²) in [6.07, 6.45) is -2.77. The molecule has 0 radical (unpaired) electrons. The molecule has 0 spiro atoms. The predicted molar refractivity (Wildman–Crippen MR) is 129 cm³/mol. The van der Waals surface area contributed by atoms with Crippen LogP contribution < -0.4 is 11.2 Å². The van der Waals surface area contributed by atoms with Crippen molar-refractivity contribution in [2.75, 3.05) is 18.1 Å². The molecule has 1 aromatic carbocycles. The highest BCUT2D eigenvalue weighted by atomic mass is 33.1. The number of phosphoric acid groups is 1. The van der Waals surface area contributed by atoms with Crippen LogP contribution in [0, 0.1) is 0 Å². The second-order valence-corrected chi connectivity index (χ2v) is 12.7. The Morgan fingerprint density at radius 3 is 2.69 bits per heavy atom. The lowest BCUT2D eigenvalue weighted by Crippen LogP contribution is -2.49. The Kier molecular flexibility index (Phi) is 7.33. The van der Waals surface area contributed by atoms with Crippen LogP contribution in [0.3, 0.4) is 0 Å². The van der Waals surface area contributed by atoms with Crippen molar-refractivity contribution in [1.29, 1.82) is 0 Å². The maximum absolute atomic E-state index is 13.5. The van der Waals surface area contributed by atoms with Crippen LogP contribution in [0.15, 0.2) is 52.2 Å². The molecule has 0 bridgehead atoms. The zero-order valence-corrected chi connectivity index (χ0v) is 21.2. The van der Waals surface area contributed by atoms with Crippen LogP contribution >= 0.6 is 29.4 Å². The average Bonchev–Trinajstić information content (AvgIpc) is 3.08. The van der Waals surface area contributed by atoms with Gasteiger partial charge in [-0.05, 0) is 12.5 Å². The first-order valence-electron chi connectivity index (χ1n) is 11.0. The molecule has 35 heavy (non-hydrogen) atoms. The van der Waals surface area contributed by atoms with Gasteiger partial charge in [-0.15, -0.1) is 0 Å². The molecule has 2 unspecified atom stereocenters. The van der Waals surface area contributed by atoms with Gasteiger partial charge in [0, 0.05) is 23.8 Å². The highest BCUT2D eigenvalue weighted by Crippen LogP contribution is 2.60. The number of nitrogens with one attached hydrogen (secondary N) is 1. The van der Waals surface area contributed by atoms with Gasteiger partial charge >= 0.3 is 13.5 Å². The summed E-state index contributed by atoms with van der Waals surface area (Å²) in [6, 6.07) is 10.9. The quantitative estimate of drug-likeness (QED) is 0.408. The molecule has 3 saturated heterocycles. The number of benzene rings is 1. The standard InChI is InChI=1S/C21H25N2O9PS2/c1-21(26)18-14(30-19(21)23-8-7-17(24)22-20(23)25)10-29-33(27,32-18)31-16-12-35-34-11-15(16)28-9-13-5-3-2-4-6-13/h2-8,14-16,18-19,26H,9-12H2,1H3,(H,22,24,25)/t14-,15?,16+,18-,19-,21-,33?/m1/s1. The van der Waals surface area contributed by atoms with Gasteiger partial charge in [0.2, 0.25) is 0 Å². The summed E-state index contributed by atoms with van der Waals surface area (Å²) in [5, 5.41) is 11.2. The molecule has 2 aromatic rings. The fourth-order valence-corrected chi connectivity index (χ4v) is 8.39. The van der Waals surface area contributed by atoms with Crippen molar-refractivity contribution in [3.63, 3.8) is 0 Å². The van der Waals surface area contributed by atoms with Gasteiger partial charge < -0.3 is 14.6 Å². The molecule has 0 aliphatic carbocycles. The number of aromatic nitrogens is 2. The Labute approximate surface area is 208 Å². The number of phosphoric ester groups is 1. The highest BCUT2D eigenvalue weighted by molar-refractivity contribution is 8.76. The molecule has 11 nitrogen and oxygen atoms in total. The number of nitrogens with zero attached hydrogens (tertiary/aromatic N) is 1. The molecule has 0 amide bonds. The van der Waals surface area contributed by atoms with Crippen LogP contribution in [0.4, 0.5) is 0 Å². The van der Waals surface area contributed by atoms with Crippen LogP contribution in [0.1, 0.15) is 18.7 Å². The molecular formula is C21H25N2O9PS2. The first kappa shape index (κ1) is 25.2. The number of aromatic amines is 1. The third-order valence-electron chi connectivity index (χ3n) is 5.99. The lowest BCUT2D eigenvalue weighted by molar-refractivity contribution is -0.0983. The van der Waals surface area contributed by atoms with Crippen LogP contribution in [-0.2, 0) is 34.2 Å². The van der Waals surface area contributed by atoms with Crippen molar-refractivity contribution < 1.29 is 32.7 Å². The van der Waals surface area contributed by atoms with E-state index in [1.54, 1.807) is 21.6 Å². The molecule has 3 fully saturated rings. The van der Waals surface area contributed by atoms with Crippen molar-refractivity contribution in [3.8, 4) is 0 Å². The summed E-state index contributed by atoms with van der Waals surface area (Å²) in [5.41, 5.74) is -2.09. The minimum Gasteiger partial charge on any atom is -0.383 e. The molecular weight excluding hydrogens is 519 g/mol. The third-order valence-corrected chi connectivity index (χ3v) is 9.89. The van der Waals surface area contributed by atoms with Crippen LogP contribution in [0.25, 0.3) is 0 Å². The van der Waals surface area contributed by atoms with Gasteiger partial charge in [-0.2, -0.15) is 0 Å². The van der Waals surface area contributed by atoms with E-state index in [1.165, 1.54) is 13.1 Å². The van der Waals surface area contributed by atoms with E-state index in [4.69, 9.17) is 23.0 Å². The number of fused-ring (bicyclic) bond motifs is 1. The number of hydrogen-bond donors (Lipinski definition) is 2. The second kappa shape index (κ2) is 10.2. The van der Waals surface area contributed by atoms with E-state index >= 15 is 0 Å². The highest BCUT2D eigenvalue weighted by Gasteiger charge is 2.60. The summed E-state index contributed by atoms with van der Waals surface area (Å²) >= 11 is 0. The van der Waals surface area contributed by atoms with E-state index < -0.39 is 49.2 Å². The summed E-state index contributed by atoms with van der Waals surface area (Å²) < 4.78 is 43.5. The number of aliphatic hydroxyl groups is 1. The number of H-pyrrole nitrogens is 1. The van der Waals surface area contributed by atoms with Gasteiger partial charge in [-0.1, -0.05) is 51.9 Å². The minimum absolute atomic E-state index is 0.170. The molecule has 3 aliphatic rings. The van der Waals surface area contributed by atoms with Gasteiger partial charge in [-0.25, -0.2) is 9.36 Å². The molecule has 1 aromatic heterocycles. The lowest BCUT2D eigenvalue weighted by Gasteiger charge is -2.38. The van der Waals surface area contributed by atoms with E-state index in [-0.39, 0.29) is 12.7 Å². The average molecular weight is 545 g/mol. The summed E-state index contributed by atoms with van der Waals surface area (Å²) in [7, 11) is -0.876. The van der Waals surface area contributed by atoms with Gasteiger partial charge in [0.25, 0.3) is 5.56 Å². The largest absolute Gasteiger partial charge is 0.475 e. The summed E-state index contributed by atoms with van der Waals surface area (Å²) in [5.74, 6) is 1.14. The first-order chi connectivity index (χ1) is 16.7. The van der Waals surface area contributed by atoms with E-state index in [0.717, 1.165) is 16.2 Å². The van der Waals surface area contributed by atoms with Crippen LogP contribution in [-0.4, -0.2) is 62.8 Å². The van der Waals surface area contributed by atoms with Gasteiger partial charge in [0.15, 0.2) is 6.23 Å². The van der Waals surface area contributed by atoms with E-state index in [2.05, 4.69) is 4.98 Å². The zero-order chi connectivity index (χ0) is 24.6. The normalized spacial score (nSPS) is 37.1. The van der Waals surface area contributed by atoms with Crippen molar-refractivity contribution >= 4 is 29.4 Å². The van der Waals surface area contributed by atoms with Crippen molar-refractivity contribution in [1.82, 2.24) is 9.55 Å². The second-order valence-electron chi connectivity index (χ2n) is 8.59. The lowest BCUT2D eigenvalue weighted by atomic mass is 9.96. The van der Waals surface area contributed by atoms with Crippen LogP contribution in [0.2, 0.25) is 0 Å². The Morgan fingerprint density at radius 2 is 1.94 bits per heavy atom. The van der Waals surface area contributed by atoms with Crippen molar-refractivity contribution in [2.24, 2.45) is 0 Å². The van der Waals surface area contributed by atoms with Gasteiger partial charge in [-0.3, -0.25) is 27.9 Å². The monoisotopic (exact) mass is 544 g/mol. The fourth-order valence-electron chi connectivity index (χ4n) is 4.18. The number of hydrogen-bond acceptors (Lipinski definition) is 11. The molecule has 4 heterocycles. The topological polar surface area (TPSA) is 138 Å². The summed E-state index contributed by atoms with van der Waals surface area (Å²) in [6.45, 7) is 1.62. The SMILES string of the molecule is C[C@@]1(O)[C@@H]2OP(=O)(O[C@H]3CSSCC3OCc3ccccc3)OC[C@H]2O[C@H]1n1ccc(=O)[nH]c1=O. The molecule has 3 aliphatic heterocycles. The maximum Gasteiger partial charge on any atom is 0.475 e. The zero-order valence-electron chi connectivity index (χ0n) is 18.7. The van der Waals surface area contributed by atoms with E-state index in [9.17, 15) is 19.3 Å². The third kappa shape index (κ3) is 5.34. The van der Waals surface area contributed by atoms with Crippen molar-refractivity contribution in [2.45, 2.75) is 49.8 Å².